The molecule has 1 amide bonds. The van der Waals surface area contributed by atoms with E-state index in [1.54, 1.807) is 0 Å². The van der Waals surface area contributed by atoms with Crippen molar-refractivity contribution < 1.29 is 41.0 Å². The first kappa shape index (κ1) is 20.0. The summed E-state index contributed by atoms with van der Waals surface area (Å²) < 4.78 is 66.1. The maximum absolute atomic E-state index is 12.1. The fourth-order valence-corrected chi connectivity index (χ4v) is 3.09. The quantitative estimate of drug-likeness (QED) is 0.676. The van der Waals surface area contributed by atoms with Crippen LogP contribution in [0.2, 0.25) is 0 Å². The van der Waals surface area contributed by atoms with E-state index >= 15 is 0 Å². The minimum Gasteiger partial charge on any atom is -0.480 e. The number of benzene rings is 1. The average Bonchev–Trinajstić information content (AvgIpc) is 3.34. The molecule has 0 aromatic heterocycles. The van der Waals surface area contributed by atoms with E-state index in [2.05, 4.69) is 4.74 Å². The number of carboxylic acid groups (broad SMARTS) is 1. The summed E-state index contributed by atoms with van der Waals surface area (Å²) in [5.74, 6) is -2.50. The van der Waals surface area contributed by atoms with Gasteiger partial charge >= 0.3 is 12.3 Å². The molecular weight excluding hydrogens is 381 g/mol. The van der Waals surface area contributed by atoms with Crippen LogP contribution in [0.1, 0.15) is 12.8 Å². The molecule has 0 aliphatic heterocycles. The minimum atomic E-state index is -4.90. The third-order valence-electron chi connectivity index (χ3n) is 3.39. The zero-order valence-corrected chi connectivity index (χ0v) is 14.0. The van der Waals surface area contributed by atoms with E-state index in [9.17, 15) is 31.2 Å². The van der Waals surface area contributed by atoms with Crippen molar-refractivity contribution in [1.29, 1.82) is 0 Å². The first-order valence-corrected chi connectivity index (χ1v) is 8.83. The van der Waals surface area contributed by atoms with Crippen molar-refractivity contribution in [3.63, 3.8) is 0 Å². The molecule has 1 aromatic rings. The van der Waals surface area contributed by atoms with Crippen molar-refractivity contribution in [3.8, 4) is 5.75 Å². The number of carboxylic acids is 1. The Kier molecular flexibility index (Phi) is 5.76. The molecule has 0 radical (unpaired) electrons. The molecule has 0 unspecified atom stereocenters. The number of amides is 1. The van der Waals surface area contributed by atoms with Gasteiger partial charge in [-0.05, 0) is 37.1 Å². The van der Waals surface area contributed by atoms with E-state index in [0.717, 1.165) is 29.2 Å². The summed E-state index contributed by atoms with van der Waals surface area (Å²) in [4.78, 5) is 23.5. The minimum absolute atomic E-state index is 0.220. The van der Waals surface area contributed by atoms with Gasteiger partial charge in [0.2, 0.25) is 15.9 Å². The van der Waals surface area contributed by atoms with Crippen LogP contribution in [-0.4, -0.2) is 55.8 Å². The lowest BCUT2D eigenvalue weighted by atomic mass is 10.3. The lowest BCUT2D eigenvalue weighted by Gasteiger charge is -2.20. The summed E-state index contributed by atoms with van der Waals surface area (Å²) in [6, 6.07) is 3.21. The first-order valence-electron chi connectivity index (χ1n) is 7.35. The van der Waals surface area contributed by atoms with E-state index in [1.807, 2.05) is 4.72 Å². The van der Waals surface area contributed by atoms with Crippen molar-refractivity contribution in [2.24, 2.45) is 0 Å². The number of alkyl halides is 3. The number of nitrogens with one attached hydrogen (secondary N) is 1. The van der Waals surface area contributed by atoms with Crippen LogP contribution >= 0.6 is 0 Å². The maximum atomic E-state index is 12.1. The molecule has 1 saturated carbocycles. The molecule has 0 bridgehead atoms. The highest BCUT2D eigenvalue weighted by atomic mass is 32.2. The fraction of sp³-hybridized carbons (Fsp3) is 0.429. The largest absolute Gasteiger partial charge is 0.573 e. The lowest BCUT2D eigenvalue weighted by molar-refractivity contribution is -0.274. The Balaban J connectivity index is 1.99. The number of carbonyl (C=O) groups excluding carboxylic acids is 1. The Labute approximate surface area is 146 Å². The average molecular weight is 396 g/mol. The van der Waals surface area contributed by atoms with Gasteiger partial charge in [0.05, 0.1) is 11.4 Å². The molecule has 12 heteroatoms. The lowest BCUT2D eigenvalue weighted by Crippen LogP contribution is -2.43. The van der Waals surface area contributed by atoms with Crippen LogP contribution in [0.4, 0.5) is 13.2 Å². The van der Waals surface area contributed by atoms with E-state index in [4.69, 9.17) is 5.11 Å². The van der Waals surface area contributed by atoms with Gasteiger partial charge in [0.25, 0.3) is 0 Å². The zero-order valence-electron chi connectivity index (χ0n) is 13.2. The van der Waals surface area contributed by atoms with E-state index in [-0.39, 0.29) is 10.9 Å². The number of nitrogens with zero attached hydrogens (tertiary/aromatic N) is 1. The number of aliphatic carboxylic acids is 1. The molecular formula is C14H15F3N2O6S. The number of halogens is 3. The molecule has 2 N–H and O–H groups in total. The molecule has 0 spiro atoms. The SMILES string of the molecule is O=C(O)CN(C(=O)CNS(=O)(=O)c1ccc(OC(F)(F)F)cc1)C1CC1. The predicted octanol–water partition coefficient (Wildman–Crippen LogP) is 0.939. The zero-order chi connectivity index (χ0) is 19.5. The van der Waals surface area contributed by atoms with Crippen LogP contribution in [0, 0.1) is 0 Å². The van der Waals surface area contributed by atoms with Crippen molar-refractivity contribution in [3.05, 3.63) is 24.3 Å². The van der Waals surface area contributed by atoms with Crippen molar-refractivity contribution in [2.45, 2.75) is 30.1 Å². The van der Waals surface area contributed by atoms with Gasteiger partial charge in [-0.3, -0.25) is 9.59 Å². The third kappa shape index (κ3) is 5.88. The highest BCUT2D eigenvalue weighted by Gasteiger charge is 2.34. The van der Waals surface area contributed by atoms with Crippen molar-refractivity contribution in [2.75, 3.05) is 13.1 Å². The molecule has 0 saturated heterocycles. The van der Waals surface area contributed by atoms with Gasteiger partial charge in [-0.25, -0.2) is 13.1 Å². The summed E-state index contributed by atoms with van der Waals surface area (Å²) in [6.07, 6.45) is -3.61. The van der Waals surface area contributed by atoms with E-state index < -0.39 is 47.1 Å². The second-order valence-electron chi connectivity index (χ2n) is 5.49. The van der Waals surface area contributed by atoms with Gasteiger partial charge < -0.3 is 14.7 Å². The van der Waals surface area contributed by atoms with Gasteiger partial charge in [0.1, 0.15) is 12.3 Å². The molecule has 2 rings (SSSR count). The number of carbonyl (C=O) groups is 2. The first-order chi connectivity index (χ1) is 12.0. The normalized spacial score (nSPS) is 14.7. The Morgan fingerprint density at radius 1 is 1.23 bits per heavy atom. The van der Waals surface area contributed by atoms with Gasteiger partial charge in [-0.1, -0.05) is 0 Å². The van der Waals surface area contributed by atoms with Gasteiger partial charge in [-0.15, -0.1) is 13.2 Å². The molecule has 1 aromatic carbocycles. The summed E-state index contributed by atoms with van der Waals surface area (Å²) in [7, 11) is -4.16. The second-order valence-corrected chi connectivity index (χ2v) is 7.26. The molecule has 1 aliphatic rings. The Morgan fingerprint density at radius 3 is 2.27 bits per heavy atom. The monoisotopic (exact) mass is 396 g/mol. The molecule has 26 heavy (non-hydrogen) atoms. The smallest absolute Gasteiger partial charge is 0.480 e. The van der Waals surface area contributed by atoms with Crippen LogP contribution < -0.4 is 9.46 Å². The van der Waals surface area contributed by atoms with Crippen LogP contribution in [0.5, 0.6) is 5.75 Å². The number of hydrogen-bond acceptors (Lipinski definition) is 5. The van der Waals surface area contributed by atoms with Gasteiger partial charge in [0.15, 0.2) is 0 Å². The molecule has 0 heterocycles. The second kappa shape index (κ2) is 7.50. The molecule has 8 nitrogen and oxygen atoms in total. The summed E-state index contributed by atoms with van der Waals surface area (Å²) in [6.45, 7) is -1.19. The number of sulfonamides is 1. The molecule has 1 fully saturated rings. The van der Waals surface area contributed by atoms with Crippen LogP contribution in [0.25, 0.3) is 0 Å². The standard InChI is InChI=1S/C14H15F3N2O6S/c15-14(16,17)25-10-3-5-11(6-4-10)26(23,24)18-7-12(20)19(8-13(21)22)9-1-2-9/h3-6,9,18H,1-2,7-8H2,(H,21,22). The summed E-state index contributed by atoms with van der Waals surface area (Å²) in [5.41, 5.74) is 0. The summed E-state index contributed by atoms with van der Waals surface area (Å²) in [5, 5.41) is 8.80. The van der Waals surface area contributed by atoms with Crippen molar-refractivity contribution >= 4 is 21.9 Å². The van der Waals surface area contributed by atoms with Crippen LogP contribution in [0.3, 0.4) is 0 Å². The fourth-order valence-electron chi connectivity index (χ4n) is 2.11. The molecule has 144 valence electrons. The number of ether oxygens (including phenoxy) is 1. The van der Waals surface area contributed by atoms with E-state index in [1.165, 1.54) is 0 Å². The third-order valence-corrected chi connectivity index (χ3v) is 4.81. The van der Waals surface area contributed by atoms with Gasteiger partial charge in [-0.2, -0.15) is 0 Å². The number of rotatable bonds is 8. The van der Waals surface area contributed by atoms with Gasteiger partial charge in [0, 0.05) is 6.04 Å². The van der Waals surface area contributed by atoms with Crippen LogP contribution in [-0.2, 0) is 19.6 Å². The predicted molar refractivity (Wildman–Crippen MR) is 80.7 cm³/mol. The topological polar surface area (TPSA) is 113 Å². The highest BCUT2D eigenvalue weighted by molar-refractivity contribution is 7.89. The Morgan fingerprint density at radius 2 is 1.81 bits per heavy atom. The molecule has 1 aliphatic carbocycles. The van der Waals surface area contributed by atoms with E-state index in [0.29, 0.717) is 12.8 Å². The Hall–Kier alpha value is -2.34. The highest BCUT2D eigenvalue weighted by Crippen LogP contribution is 2.27. The van der Waals surface area contributed by atoms with Crippen LogP contribution in [0.15, 0.2) is 29.2 Å². The Bertz CT molecular complexity index is 775. The van der Waals surface area contributed by atoms with Crippen molar-refractivity contribution in [1.82, 2.24) is 9.62 Å². The maximum Gasteiger partial charge on any atom is 0.573 e. The molecule has 0 atom stereocenters. The summed E-state index contributed by atoms with van der Waals surface area (Å²) >= 11 is 0. The number of hydrogen-bond donors (Lipinski definition) is 2.